The fourth-order valence-electron chi connectivity index (χ4n) is 4.25. The summed E-state index contributed by atoms with van der Waals surface area (Å²) in [6, 6.07) is 0.557. The Kier molecular flexibility index (Phi) is 5.92. The topological polar surface area (TPSA) is 21.3 Å². The first kappa shape index (κ1) is 16.3. The first-order valence-electron chi connectivity index (χ1n) is 8.90. The van der Waals surface area contributed by atoms with Gasteiger partial charge in [0.15, 0.2) is 0 Å². The molecular weight excluding hydrogens is 246 g/mol. The quantitative estimate of drug-likeness (QED) is 0.799. The Morgan fingerprint density at radius 2 is 1.60 bits per heavy atom. The summed E-state index contributed by atoms with van der Waals surface area (Å²) in [4.78, 5) is 0. The molecule has 118 valence electrons. The van der Waals surface area contributed by atoms with Crippen molar-refractivity contribution in [1.82, 2.24) is 5.32 Å². The van der Waals surface area contributed by atoms with Crippen molar-refractivity contribution in [3.05, 3.63) is 0 Å². The molecule has 2 atom stereocenters. The van der Waals surface area contributed by atoms with E-state index in [2.05, 4.69) is 33.0 Å². The summed E-state index contributed by atoms with van der Waals surface area (Å²) >= 11 is 0. The molecule has 2 heteroatoms. The average molecular weight is 281 g/mol. The molecule has 0 aromatic heterocycles. The number of rotatable bonds is 5. The summed E-state index contributed by atoms with van der Waals surface area (Å²) < 4.78 is 6.75. The van der Waals surface area contributed by atoms with Gasteiger partial charge in [0, 0.05) is 12.6 Å². The summed E-state index contributed by atoms with van der Waals surface area (Å²) in [7, 11) is 0. The minimum absolute atomic E-state index is 0.129. The first-order chi connectivity index (χ1) is 9.49. The van der Waals surface area contributed by atoms with Crippen molar-refractivity contribution in [3.63, 3.8) is 0 Å². The van der Waals surface area contributed by atoms with E-state index in [9.17, 15) is 0 Å². The highest BCUT2D eigenvalue weighted by Gasteiger charge is 2.37. The van der Waals surface area contributed by atoms with E-state index >= 15 is 0 Å². The van der Waals surface area contributed by atoms with Gasteiger partial charge in [-0.2, -0.15) is 0 Å². The Bertz CT molecular complexity index is 273. The lowest BCUT2D eigenvalue weighted by molar-refractivity contribution is -0.132. The fourth-order valence-corrected chi connectivity index (χ4v) is 4.25. The van der Waals surface area contributed by atoms with E-state index in [4.69, 9.17) is 4.74 Å². The van der Waals surface area contributed by atoms with E-state index in [-0.39, 0.29) is 5.60 Å². The number of hydrogen-bond donors (Lipinski definition) is 1. The first-order valence-corrected chi connectivity index (χ1v) is 8.90. The summed E-state index contributed by atoms with van der Waals surface area (Å²) in [5.41, 5.74) is 0.129. The lowest BCUT2D eigenvalue weighted by Gasteiger charge is -2.43. The van der Waals surface area contributed by atoms with Crippen LogP contribution >= 0.6 is 0 Å². The second kappa shape index (κ2) is 7.26. The molecule has 0 spiro atoms. The maximum atomic E-state index is 6.75. The van der Waals surface area contributed by atoms with E-state index in [0.717, 1.165) is 18.4 Å². The van der Waals surface area contributed by atoms with Gasteiger partial charge in [0.25, 0.3) is 0 Å². The van der Waals surface area contributed by atoms with Gasteiger partial charge >= 0.3 is 0 Å². The van der Waals surface area contributed by atoms with Crippen molar-refractivity contribution in [2.45, 2.75) is 96.8 Å². The number of nitrogens with one attached hydrogen (secondary N) is 1. The predicted molar refractivity (Wildman–Crippen MR) is 86.0 cm³/mol. The van der Waals surface area contributed by atoms with Crippen LogP contribution in [0, 0.1) is 11.8 Å². The molecule has 0 saturated heterocycles. The molecule has 2 aliphatic rings. The van der Waals surface area contributed by atoms with E-state index in [1.54, 1.807) is 0 Å². The number of hydrogen-bond acceptors (Lipinski definition) is 2. The average Bonchev–Trinajstić information content (AvgIpc) is 2.36. The lowest BCUT2D eigenvalue weighted by atomic mass is 9.80. The third-order valence-corrected chi connectivity index (χ3v) is 5.15. The smallest absolute Gasteiger partial charge is 0.0810 e. The molecule has 0 aliphatic heterocycles. The Morgan fingerprint density at radius 1 is 1.00 bits per heavy atom. The normalized spacial score (nSPS) is 34.4. The van der Waals surface area contributed by atoms with Crippen LogP contribution in [-0.2, 0) is 4.74 Å². The van der Waals surface area contributed by atoms with Crippen LogP contribution in [-0.4, -0.2) is 24.3 Å². The molecule has 2 nitrogen and oxygen atoms in total. The van der Waals surface area contributed by atoms with Gasteiger partial charge in [-0.1, -0.05) is 47.0 Å². The number of ether oxygens (including phenoxy) is 1. The van der Waals surface area contributed by atoms with Crippen LogP contribution in [0.5, 0.6) is 0 Å². The summed E-state index contributed by atoms with van der Waals surface area (Å²) in [6.45, 7) is 10.3. The fraction of sp³-hybridized carbons (Fsp3) is 1.00. The van der Waals surface area contributed by atoms with Crippen molar-refractivity contribution >= 4 is 0 Å². The Morgan fingerprint density at radius 3 is 2.15 bits per heavy atom. The van der Waals surface area contributed by atoms with Crippen LogP contribution in [0.15, 0.2) is 0 Å². The summed E-state index contributed by atoms with van der Waals surface area (Å²) in [5.74, 6) is 1.67. The van der Waals surface area contributed by atoms with Crippen LogP contribution in [0.2, 0.25) is 0 Å². The van der Waals surface area contributed by atoms with Gasteiger partial charge in [0.2, 0.25) is 0 Å². The monoisotopic (exact) mass is 281 g/mol. The maximum absolute atomic E-state index is 6.75. The molecule has 2 saturated carbocycles. The van der Waals surface area contributed by atoms with Crippen molar-refractivity contribution in [2.24, 2.45) is 11.8 Å². The van der Waals surface area contributed by atoms with Gasteiger partial charge < -0.3 is 10.1 Å². The molecule has 0 bridgehead atoms. The molecule has 20 heavy (non-hydrogen) atoms. The van der Waals surface area contributed by atoms with Gasteiger partial charge in [-0.3, -0.25) is 0 Å². The van der Waals surface area contributed by atoms with E-state index in [1.165, 1.54) is 51.4 Å². The van der Waals surface area contributed by atoms with Crippen molar-refractivity contribution in [3.8, 4) is 0 Å². The van der Waals surface area contributed by atoms with Crippen LogP contribution in [0.3, 0.4) is 0 Å². The maximum Gasteiger partial charge on any atom is 0.0810 e. The van der Waals surface area contributed by atoms with Gasteiger partial charge in [-0.05, 0) is 43.9 Å². The molecule has 0 heterocycles. The third kappa shape index (κ3) is 4.73. The highest BCUT2D eigenvalue weighted by Crippen LogP contribution is 2.37. The minimum atomic E-state index is 0.129. The Balaban J connectivity index is 1.95. The van der Waals surface area contributed by atoms with Gasteiger partial charge in [0.1, 0.15) is 0 Å². The van der Waals surface area contributed by atoms with Crippen molar-refractivity contribution in [1.29, 1.82) is 0 Å². The van der Waals surface area contributed by atoms with Gasteiger partial charge in [-0.25, -0.2) is 0 Å². The Labute approximate surface area is 126 Å². The second-order valence-corrected chi connectivity index (χ2v) is 7.94. The largest absolute Gasteiger partial charge is 0.370 e. The summed E-state index contributed by atoms with van der Waals surface area (Å²) in [6.07, 6.45) is 11.0. The van der Waals surface area contributed by atoms with Crippen LogP contribution in [0.4, 0.5) is 0 Å². The molecule has 2 unspecified atom stereocenters. The highest BCUT2D eigenvalue weighted by atomic mass is 16.5. The standard InChI is InChI=1S/C18H35NO/c1-14(2)19-13-18(8-6-5-7-9-18)20-17-11-15(3)10-16(4)12-17/h14-17,19H,5-13H2,1-4H3. The zero-order chi connectivity index (χ0) is 14.6. The van der Waals surface area contributed by atoms with Crippen LogP contribution in [0.25, 0.3) is 0 Å². The molecular formula is C18H35NO. The third-order valence-electron chi connectivity index (χ3n) is 5.15. The van der Waals surface area contributed by atoms with E-state index in [0.29, 0.717) is 12.1 Å². The lowest BCUT2D eigenvalue weighted by Crippen LogP contribution is -2.49. The zero-order valence-corrected chi connectivity index (χ0v) is 14.1. The van der Waals surface area contributed by atoms with E-state index < -0.39 is 0 Å². The van der Waals surface area contributed by atoms with Gasteiger partial charge in [0.05, 0.1) is 11.7 Å². The van der Waals surface area contributed by atoms with Crippen LogP contribution in [0.1, 0.15) is 79.1 Å². The SMILES string of the molecule is CC1CC(C)CC(OC2(CNC(C)C)CCCCC2)C1. The molecule has 0 aromatic rings. The minimum Gasteiger partial charge on any atom is -0.370 e. The Hall–Kier alpha value is -0.0800. The van der Waals surface area contributed by atoms with Crippen molar-refractivity contribution < 1.29 is 4.74 Å². The van der Waals surface area contributed by atoms with E-state index in [1.807, 2.05) is 0 Å². The molecule has 0 radical (unpaired) electrons. The molecule has 0 aromatic carbocycles. The van der Waals surface area contributed by atoms with Crippen LogP contribution < -0.4 is 5.32 Å². The summed E-state index contributed by atoms with van der Waals surface area (Å²) in [5, 5.41) is 3.64. The highest BCUT2D eigenvalue weighted by molar-refractivity contribution is 4.90. The van der Waals surface area contributed by atoms with Gasteiger partial charge in [-0.15, -0.1) is 0 Å². The zero-order valence-electron chi connectivity index (χ0n) is 14.1. The molecule has 2 rings (SSSR count). The molecule has 2 fully saturated rings. The molecule has 2 aliphatic carbocycles. The predicted octanol–water partition coefficient (Wildman–Crippen LogP) is 4.53. The molecule has 0 amide bonds. The molecule has 1 N–H and O–H groups in total. The second-order valence-electron chi connectivity index (χ2n) is 7.94. The van der Waals surface area contributed by atoms with Crippen molar-refractivity contribution in [2.75, 3.05) is 6.54 Å².